The molecule has 0 aliphatic heterocycles. The number of anilines is 1. The Morgan fingerprint density at radius 2 is 2.12 bits per heavy atom. The molecule has 4 heteroatoms. The lowest BCUT2D eigenvalue weighted by Gasteiger charge is -2.07. The van der Waals surface area contributed by atoms with Gasteiger partial charge in [0.2, 0.25) is 0 Å². The summed E-state index contributed by atoms with van der Waals surface area (Å²) in [5, 5.41) is 0.127. The number of halogens is 2. The van der Waals surface area contributed by atoms with Gasteiger partial charge >= 0.3 is 0 Å². The van der Waals surface area contributed by atoms with Gasteiger partial charge in [0.15, 0.2) is 0 Å². The van der Waals surface area contributed by atoms with E-state index in [9.17, 15) is 4.39 Å². The summed E-state index contributed by atoms with van der Waals surface area (Å²) in [5.41, 5.74) is 8.09. The Kier molecular flexibility index (Phi) is 3.29. The van der Waals surface area contributed by atoms with E-state index in [1.165, 1.54) is 6.07 Å². The van der Waals surface area contributed by atoms with E-state index in [1.807, 2.05) is 13.0 Å². The molecule has 88 valence electrons. The highest BCUT2D eigenvalue weighted by Gasteiger charge is 2.09. The first-order valence-corrected chi connectivity index (χ1v) is 5.59. The Balaban J connectivity index is 2.38. The molecule has 2 rings (SSSR count). The maximum absolute atomic E-state index is 13.7. The van der Waals surface area contributed by atoms with Gasteiger partial charge in [-0.25, -0.2) is 9.37 Å². The van der Waals surface area contributed by atoms with Crippen LogP contribution in [0.1, 0.15) is 16.7 Å². The third-order valence-corrected chi connectivity index (χ3v) is 2.84. The fourth-order valence-corrected chi connectivity index (χ4v) is 1.87. The Morgan fingerprint density at radius 3 is 2.88 bits per heavy atom. The van der Waals surface area contributed by atoms with Gasteiger partial charge in [-0.1, -0.05) is 29.8 Å². The molecular formula is C13H12ClFN2. The summed E-state index contributed by atoms with van der Waals surface area (Å²) < 4.78 is 13.7. The van der Waals surface area contributed by atoms with E-state index in [0.717, 1.165) is 11.1 Å². The molecule has 0 saturated heterocycles. The van der Waals surface area contributed by atoms with Crippen LogP contribution < -0.4 is 5.73 Å². The topological polar surface area (TPSA) is 38.9 Å². The molecule has 0 radical (unpaired) electrons. The van der Waals surface area contributed by atoms with E-state index in [4.69, 9.17) is 17.3 Å². The van der Waals surface area contributed by atoms with Gasteiger partial charge in [0.05, 0.1) is 5.02 Å². The summed E-state index contributed by atoms with van der Waals surface area (Å²) in [6.45, 7) is 1.92. The molecule has 0 fully saturated rings. The molecule has 17 heavy (non-hydrogen) atoms. The van der Waals surface area contributed by atoms with Crippen molar-refractivity contribution in [2.24, 2.45) is 0 Å². The zero-order valence-electron chi connectivity index (χ0n) is 9.37. The van der Waals surface area contributed by atoms with Crippen LogP contribution in [-0.2, 0) is 6.42 Å². The van der Waals surface area contributed by atoms with E-state index < -0.39 is 5.82 Å². The number of nitrogens with two attached hydrogens (primary N) is 1. The second-order valence-corrected chi connectivity index (χ2v) is 4.35. The fraction of sp³-hybridized carbons (Fsp3) is 0.154. The molecule has 1 aromatic heterocycles. The van der Waals surface area contributed by atoms with Crippen LogP contribution in [-0.4, -0.2) is 4.98 Å². The minimum atomic E-state index is -0.393. The number of aryl methyl sites for hydroxylation is 1. The van der Waals surface area contributed by atoms with Crippen molar-refractivity contribution >= 4 is 17.4 Å². The van der Waals surface area contributed by atoms with Gasteiger partial charge in [-0.3, -0.25) is 0 Å². The smallest absolute Gasteiger partial charge is 0.145 e. The van der Waals surface area contributed by atoms with E-state index >= 15 is 0 Å². The van der Waals surface area contributed by atoms with Gasteiger partial charge in [0, 0.05) is 12.6 Å². The number of benzene rings is 1. The molecule has 2 aromatic rings. The van der Waals surface area contributed by atoms with Crippen LogP contribution in [0.3, 0.4) is 0 Å². The normalized spacial score (nSPS) is 10.5. The molecule has 0 aliphatic rings. The number of aromatic nitrogens is 1. The van der Waals surface area contributed by atoms with Crippen LogP contribution in [0.25, 0.3) is 0 Å². The van der Waals surface area contributed by atoms with E-state index in [1.54, 1.807) is 18.3 Å². The lowest BCUT2D eigenvalue weighted by Crippen LogP contribution is -2.01. The summed E-state index contributed by atoms with van der Waals surface area (Å²) in [5.74, 6) is 0.0325. The van der Waals surface area contributed by atoms with Crippen molar-refractivity contribution in [1.29, 1.82) is 0 Å². The lowest BCUT2D eigenvalue weighted by molar-refractivity contribution is 0.614. The van der Waals surface area contributed by atoms with E-state index in [-0.39, 0.29) is 5.02 Å². The van der Waals surface area contributed by atoms with Crippen molar-refractivity contribution in [3.63, 3.8) is 0 Å². The Hall–Kier alpha value is -1.61. The van der Waals surface area contributed by atoms with Crippen LogP contribution in [0.15, 0.2) is 30.5 Å². The summed E-state index contributed by atoms with van der Waals surface area (Å²) in [4.78, 5) is 4.05. The van der Waals surface area contributed by atoms with Gasteiger partial charge in [-0.15, -0.1) is 0 Å². The van der Waals surface area contributed by atoms with Crippen molar-refractivity contribution in [2.45, 2.75) is 13.3 Å². The highest BCUT2D eigenvalue weighted by molar-refractivity contribution is 6.30. The summed E-state index contributed by atoms with van der Waals surface area (Å²) >= 11 is 5.73. The molecule has 2 nitrogen and oxygen atoms in total. The monoisotopic (exact) mass is 250 g/mol. The first-order chi connectivity index (χ1) is 8.08. The molecule has 0 saturated carbocycles. The summed E-state index contributed by atoms with van der Waals surface area (Å²) in [7, 11) is 0. The number of rotatable bonds is 2. The second kappa shape index (κ2) is 4.72. The van der Waals surface area contributed by atoms with Gasteiger partial charge in [0.1, 0.15) is 11.6 Å². The maximum atomic E-state index is 13.7. The number of nitrogens with zero attached hydrogens (tertiary/aromatic N) is 1. The quantitative estimate of drug-likeness (QED) is 0.888. The molecule has 0 bridgehead atoms. The fourth-order valence-electron chi connectivity index (χ4n) is 1.67. The largest absolute Gasteiger partial charge is 0.383 e. The number of hydrogen-bond acceptors (Lipinski definition) is 2. The minimum absolute atomic E-state index is 0.127. The van der Waals surface area contributed by atoms with Gasteiger partial charge in [0.25, 0.3) is 0 Å². The highest BCUT2D eigenvalue weighted by atomic mass is 35.5. The summed E-state index contributed by atoms with van der Waals surface area (Å²) in [6.07, 6.45) is 2.08. The van der Waals surface area contributed by atoms with Crippen LogP contribution in [0.5, 0.6) is 0 Å². The Morgan fingerprint density at radius 1 is 1.35 bits per heavy atom. The number of pyridine rings is 1. The van der Waals surface area contributed by atoms with Crippen molar-refractivity contribution in [3.8, 4) is 0 Å². The molecule has 1 heterocycles. The molecule has 0 unspecified atom stereocenters. The maximum Gasteiger partial charge on any atom is 0.145 e. The van der Waals surface area contributed by atoms with Crippen molar-refractivity contribution in [3.05, 3.63) is 58.0 Å². The SMILES string of the molecule is Cc1cnc(N)c(Cc2cccc(Cl)c2F)c1. The average molecular weight is 251 g/mol. The second-order valence-electron chi connectivity index (χ2n) is 3.95. The van der Waals surface area contributed by atoms with Crippen LogP contribution in [0.4, 0.5) is 10.2 Å². The van der Waals surface area contributed by atoms with Crippen molar-refractivity contribution in [1.82, 2.24) is 4.98 Å². The molecular weight excluding hydrogens is 239 g/mol. The molecule has 0 spiro atoms. The molecule has 0 aliphatic carbocycles. The standard InChI is InChI=1S/C13H12ClFN2/c1-8-5-10(13(16)17-7-8)6-9-3-2-4-11(14)12(9)15/h2-5,7H,6H2,1H3,(H2,16,17). The van der Waals surface area contributed by atoms with Crippen LogP contribution in [0.2, 0.25) is 5.02 Å². The Labute approximate surface area is 104 Å². The summed E-state index contributed by atoms with van der Waals surface area (Å²) in [6, 6.07) is 6.85. The first-order valence-electron chi connectivity index (χ1n) is 5.22. The zero-order valence-corrected chi connectivity index (χ0v) is 10.1. The number of nitrogen functional groups attached to an aromatic ring is 1. The number of hydrogen-bond donors (Lipinski definition) is 1. The van der Waals surface area contributed by atoms with Crippen molar-refractivity contribution < 1.29 is 4.39 Å². The molecule has 0 atom stereocenters. The van der Waals surface area contributed by atoms with Gasteiger partial charge in [-0.05, 0) is 29.7 Å². The lowest BCUT2D eigenvalue weighted by atomic mass is 10.0. The predicted molar refractivity (Wildman–Crippen MR) is 67.6 cm³/mol. The molecule has 1 aromatic carbocycles. The zero-order chi connectivity index (χ0) is 12.4. The highest BCUT2D eigenvalue weighted by Crippen LogP contribution is 2.22. The molecule has 2 N–H and O–H groups in total. The van der Waals surface area contributed by atoms with Crippen molar-refractivity contribution in [2.75, 3.05) is 5.73 Å². The van der Waals surface area contributed by atoms with E-state index in [2.05, 4.69) is 4.98 Å². The first kappa shape index (κ1) is 11.9. The predicted octanol–water partition coefficient (Wildman–Crippen LogP) is 3.36. The third-order valence-electron chi connectivity index (χ3n) is 2.55. The van der Waals surface area contributed by atoms with Crippen LogP contribution in [0, 0.1) is 12.7 Å². The van der Waals surface area contributed by atoms with Gasteiger partial charge in [-0.2, -0.15) is 0 Å². The van der Waals surface area contributed by atoms with Crippen LogP contribution >= 0.6 is 11.6 Å². The van der Waals surface area contributed by atoms with Gasteiger partial charge < -0.3 is 5.73 Å². The average Bonchev–Trinajstić information content (AvgIpc) is 2.30. The third kappa shape index (κ3) is 2.56. The Bertz CT molecular complexity index is 555. The molecule has 0 amide bonds. The van der Waals surface area contributed by atoms with E-state index in [0.29, 0.717) is 17.8 Å². The minimum Gasteiger partial charge on any atom is -0.383 e.